The molecular weight excluding hydrogens is 338 g/mol. The van der Waals surface area contributed by atoms with Gasteiger partial charge in [0, 0.05) is 38.2 Å². The number of nitrogens with one attached hydrogen (secondary N) is 1. The van der Waals surface area contributed by atoms with E-state index in [-0.39, 0.29) is 5.91 Å². The van der Waals surface area contributed by atoms with E-state index in [2.05, 4.69) is 34.0 Å². The number of carbonyl (C=O) groups is 1. The third-order valence-electron chi connectivity index (χ3n) is 5.74. The maximum atomic E-state index is 11.7. The molecule has 0 spiro atoms. The van der Waals surface area contributed by atoms with Crippen LogP contribution in [0.1, 0.15) is 63.5 Å². The van der Waals surface area contributed by atoms with Crippen LogP contribution in [0.5, 0.6) is 0 Å². The van der Waals surface area contributed by atoms with Crippen molar-refractivity contribution in [2.24, 2.45) is 5.92 Å². The molecule has 3 rings (SSSR count). The molecule has 1 aromatic rings. The largest absolute Gasteiger partial charge is 0.370 e. The van der Waals surface area contributed by atoms with Crippen molar-refractivity contribution >= 4 is 11.7 Å². The quantitative estimate of drug-likeness (QED) is 0.831. The fourth-order valence-electron chi connectivity index (χ4n) is 4.42. The van der Waals surface area contributed by atoms with Gasteiger partial charge in [-0.05, 0) is 45.1 Å². The highest BCUT2D eigenvalue weighted by Crippen LogP contribution is 2.25. The van der Waals surface area contributed by atoms with Crippen molar-refractivity contribution in [3.05, 3.63) is 17.1 Å². The second kappa shape index (κ2) is 9.00. The van der Waals surface area contributed by atoms with Gasteiger partial charge < -0.3 is 15.1 Å². The first-order chi connectivity index (χ1) is 12.9. The highest BCUT2D eigenvalue weighted by molar-refractivity contribution is 5.73. The van der Waals surface area contributed by atoms with E-state index in [1.807, 2.05) is 11.8 Å². The van der Waals surface area contributed by atoms with E-state index in [0.29, 0.717) is 12.6 Å². The highest BCUT2D eigenvalue weighted by atomic mass is 16.2. The lowest BCUT2D eigenvalue weighted by Gasteiger charge is -2.37. The normalized spacial score (nSPS) is 20.6. The van der Waals surface area contributed by atoms with Crippen LogP contribution in [0.15, 0.2) is 0 Å². The molecule has 0 unspecified atom stereocenters. The molecule has 1 aromatic heterocycles. The molecule has 27 heavy (non-hydrogen) atoms. The lowest BCUT2D eigenvalue weighted by atomic mass is 9.98. The number of fused-ring (bicyclic) bond motifs is 1. The molecular formula is C21H35N5O. The number of piperidine rings is 1. The molecule has 1 N–H and O–H groups in total. The summed E-state index contributed by atoms with van der Waals surface area (Å²) < 4.78 is 0. The van der Waals surface area contributed by atoms with Gasteiger partial charge >= 0.3 is 0 Å². The molecule has 1 saturated heterocycles. The van der Waals surface area contributed by atoms with E-state index in [0.717, 1.165) is 49.2 Å². The number of carbonyl (C=O) groups excluding carboxylic acids is 1. The zero-order valence-corrected chi connectivity index (χ0v) is 17.4. The van der Waals surface area contributed by atoms with Crippen molar-refractivity contribution in [1.29, 1.82) is 0 Å². The summed E-state index contributed by atoms with van der Waals surface area (Å²) in [5.74, 6) is 2.60. The topological polar surface area (TPSA) is 61.4 Å². The maximum Gasteiger partial charge on any atom is 0.219 e. The standard InChI is InChI=1S/C21H35N5O/c1-15(2)13-26-11-6-5-7-18(26)8-10-22-21-19-9-12-25(17(4)27)14-20(19)23-16(3)24-21/h15,18H,5-14H2,1-4H3,(H,22,23,24)/t18-/m1/s1. The Morgan fingerprint density at radius 3 is 2.81 bits per heavy atom. The summed E-state index contributed by atoms with van der Waals surface area (Å²) in [4.78, 5) is 25.5. The molecule has 2 aliphatic rings. The van der Waals surface area contributed by atoms with Gasteiger partial charge in [0.2, 0.25) is 5.91 Å². The van der Waals surface area contributed by atoms with Crippen molar-refractivity contribution in [1.82, 2.24) is 19.8 Å². The zero-order chi connectivity index (χ0) is 19.4. The van der Waals surface area contributed by atoms with Crippen LogP contribution in [0.3, 0.4) is 0 Å². The average Bonchev–Trinajstić information content (AvgIpc) is 2.62. The zero-order valence-electron chi connectivity index (χ0n) is 17.4. The SMILES string of the molecule is CC(=O)N1CCc2c(nc(C)nc2NCC[C@H]2CCCCN2CC(C)C)C1. The van der Waals surface area contributed by atoms with Gasteiger partial charge in [0.25, 0.3) is 0 Å². The summed E-state index contributed by atoms with van der Waals surface area (Å²) in [6.07, 6.45) is 5.98. The third-order valence-corrected chi connectivity index (χ3v) is 5.74. The summed E-state index contributed by atoms with van der Waals surface area (Å²) in [5, 5.41) is 3.60. The Morgan fingerprint density at radius 2 is 2.07 bits per heavy atom. The molecule has 6 heteroatoms. The molecule has 0 aromatic carbocycles. The third kappa shape index (κ3) is 5.18. The Kier molecular flexibility index (Phi) is 6.68. The summed E-state index contributed by atoms with van der Waals surface area (Å²) in [7, 11) is 0. The number of amides is 1. The van der Waals surface area contributed by atoms with E-state index in [1.165, 1.54) is 37.9 Å². The second-order valence-electron chi connectivity index (χ2n) is 8.49. The van der Waals surface area contributed by atoms with Crippen LogP contribution in [0.25, 0.3) is 0 Å². The number of aromatic nitrogens is 2. The number of rotatable bonds is 6. The second-order valence-corrected chi connectivity index (χ2v) is 8.49. The first kappa shape index (κ1) is 20.1. The van der Waals surface area contributed by atoms with E-state index in [9.17, 15) is 4.79 Å². The summed E-state index contributed by atoms with van der Waals surface area (Å²) in [5.41, 5.74) is 2.20. The molecule has 3 heterocycles. The summed E-state index contributed by atoms with van der Waals surface area (Å²) >= 11 is 0. The van der Waals surface area contributed by atoms with Crippen molar-refractivity contribution in [2.45, 2.75) is 72.4 Å². The van der Waals surface area contributed by atoms with Crippen LogP contribution in [-0.4, -0.2) is 57.9 Å². The predicted octanol–water partition coefficient (Wildman–Crippen LogP) is 3.00. The molecule has 0 bridgehead atoms. The number of hydrogen-bond acceptors (Lipinski definition) is 5. The van der Waals surface area contributed by atoms with Crippen LogP contribution < -0.4 is 5.32 Å². The molecule has 0 aliphatic carbocycles. The Labute approximate surface area is 163 Å². The van der Waals surface area contributed by atoms with E-state index in [4.69, 9.17) is 0 Å². The van der Waals surface area contributed by atoms with Crippen LogP contribution in [0, 0.1) is 12.8 Å². The smallest absolute Gasteiger partial charge is 0.219 e. The molecule has 150 valence electrons. The number of nitrogens with zero attached hydrogens (tertiary/aromatic N) is 4. The average molecular weight is 374 g/mol. The number of aryl methyl sites for hydroxylation is 1. The maximum absolute atomic E-state index is 11.7. The molecule has 1 fully saturated rings. The van der Waals surface area contributed by atoms with E-state index >= 15 is 0 Å². The summed E-state index contributed by atoms with van der Waals surface area (Å²) in [6, 6.07) is 0.681. The lowest BCUT2D eigenvalue weighted by molar-refractivity contribution is -0.129. The van der Waals surface area contributed by atoms with Crippen LogP contribution in [0.4, 0.5) is 5.82 Å². The minimum absolute atomic E-state index is 0.119. The van der Waals surface area contributed by atoms with E-state index < -0.39 is 0 Å². The van der Waals surface area contributed by atoms with Gasteiger partial charge in [0.1, 0.15) is 11.6 Å². The Hall–Kier alpha value is -1.69. The molecule has 6 nitrogen and oxygen atoms in total. The van der Waals surface area contributed by atoms with Gasteiger partial charge in [0.15, 0.2) is 0 Å². The van der Waals surface area contributed by atoms with E-state index in [1.54, 1.807) is 6.92 Å². The van der Waals surface area contributed by atoms with Crippen molar-refractivity contribution in [3.8, 4) is 0 Å². The molecule has 0 radical (unpaired) electrons. The Balaban J connectivity index is 1.62. The Bertz CT molecular complexity index is 660. The number of anilines is 1. The van der Waals surface area contributed by atoms with Gasteiger partial charge in [-0.25, -0.2) is 9.97 Å². The van der Waals surface area contributed by atoms with Crippen LogP contribution >= 0.6 is 0 Å². The lowest BCUT2D eigenvalue weighted by Crippen LogP contribution is -2.42. The molecule has 0 saturated carbocycles. The number of likely N-dealkylation sites (tertiary alicyclic amines) is 1. The Morgan fingerprint density at radius 1 is 1.26 bits per heavy atom. The molecule has 2 aliphatic heterocycles. The van der Waals surface area contributed by atoms with Crippen molar-refractivity contribution in [3.63, 3.8) is 0 Å². The molecule has 1 atom stereocenters. The monoisotopic (exact) mass is 373 g/mol. The van der Waals surface area contributed by atoms with Gasteiger partial charge in [-0.3, -0.25) is 4.79 Å². The van der Waals surface area contributed by atoms with Crippen LogP contribution in [-0.2, 0) is 17.8 Å². The van der Waals surface area contributed by atoms with Crippen molar-refractivity contribution < 1.29 is 4.79 Å². The number of hydrogen-bond donors (Lipinski definition) is 1. The predicted molar refractivity (Wildman–Crippen MR) is 109 cm³/mol. The fourth-order valence-corrected chi connectivity index (χ4v) is 4.42. The van der Waals surface area contributed by atoms with Crippen molar-refractivity contribution in [2.75, 3.05) is 31.5 Å². The van der Waals surface area contributed by atoms with Gasteiger partial charge in [-0.2, -0.15) is 0 Å². The first-order valence-electron chi connectivity index (χ1n) is 10.5. The van der Waals surface area contributed by atoms with Gasteiger partial charge in [-0.1, -0.05) is 20.3 Å². The van der Waals surface area contributed by atoms with Gasteiger partial charge in [-0.15, -0.1) is 0 Å². The minimum Gasteiger partial charge on any atom is -0.370 e. The first-order valence-corrected chi connectivity index (χ1v) is 10.5. The fraction of sp³-hybridized carbons (Fsp3) is 0.762. The molecule has 1 amide bonds. The highest BCUT2D eigenvalue weighted by Gasteiger charge is 2.25. The van der Waals surface area contributed by atoms with Gasteiger partial charge in [0.05, 0.1) is 12.2 Å². The summed E-state index contributed by atoms with van der Waals surface area (Å²) in [6.45, 7) is 12.9. The minimum atomic E-state index is 0.119. The van der Waals surface area contributed by atoms with Crippen LogP contribution in [0.2, 0.25) is 0 Å².